The second-order valence-electron chi connectivity index (χ2n) is 7.55. The highest BCUT2D eigenvalue weighted by atomic mass is 32.2. The molecule has 1 N–H and O–H groups in total. The van der Waals surface area contributed by atoms with Crippen molar-refractivity contribution in [3.8, 4) is 0 Å². The van der Waals surface area contributed by atoms with E-state index in [2.05, 4.69) is 63.5 Å². The van der Waals surface area contributed by atoms with E-state index in [0.29, 0.717) is 10.2 Å². The first-order chi connectivity index (χ1) is 9.32. The summed E-state index contributed by atoms with van der Waals surface area (Å²) in [7, 11) is 0. The van der Waals surface area contributed by atoms with Gasteiger partial charge in [-0.1, -0.05) is 27.7 Å². The standard InChI is InChI=1S/C17H36N2S/c1-7-17(8-2,12-18-11-15(3)4)14-19-9-10-20-16(5,6)13-19/h15,18H,7-14H2,1-6H3. The van der Waals surface area contributed by atoms with E-state index in [1.165, 1.54) is 44.8 Å². The molecule has 2 nitrogen and oxygen atoms in total. The van der Waals surface area contributed by atoms with Crippen LogP contribution in [0, 0.1) is 11.3 Å². The molecule has 3 heteroatoms. The van der Waals surface area contributed by atoms with Crippen LogP contribution in [-0.4, -0.2) is 48.1 Å². The van der Waals surface area contributed by atoms with Crippen LogP contribution in [0.25, 0.3) is 0 Å². The van der Waals surface area contributed by atoms with E-state index in [1.807, 2.05) is 0 Å². The Morgan fingerprint density at radius 2 is 1.90 bits per heavy atom. The zero-order valence-corrected chi connectivity index (χ0v) is 15.4. The van der Waals surface area contributed by atoms with Crippen LogP contribution in [0.5, 0.6) is 0 Å². The normalized spacial score (nSPS) is 20.6. The van der Waals surface area contributed by atoms with Crippen molar-refractivity contribution in [2.24, 2.45) is 11.3 Å². The smallest absolute Gasteiger partial charge is 0.0231 e. The minimum Gasteiger partial charge on any atom is -0.316 e. The molecule has 0 aromatic heterocycles. The lowest BCUT2D eigenvalue weighted by Crippen LogP contribution is -2.50. The minimum absolute atomic E-state index is 0.427. The maximum Gasteiger partial charge on any atom is 0.0231 e. The molecule has 1 rings (SSSR count). The molecule has 0 bridgehead atoms. The summed E-state index contributed by atoms with van der Waals surface area (Å²) in [4.78, 5) is 2.71. The van der Waals surface area contributed by atoms with Crippen molar-refractivity contribution in [1.29, 1.82) is 0 Å². The fraction of sp³-hybridized carbons (Fsp3) is 1.00. The first kappa shape index (κ1) is 18.3. The Balaban J connectivity index is 2.56. The summed E-state index contributed by atoms with van der Waals surface area (Å²) in [6.45, 7) is 20.2. The van der Waals surface area contributed by atoms with Crippen LogP contribution in [0.4, 0.5) is 0 Å². The van der Waals surface area contributed by atoms with Gasteiger partial charge in [-0.3, -0.25) is 0 Å². The van der Waals surface area contributed by atoms with Gasteiger partial charge in [-0.2, -0.15) is 11.8 Å². The molecule has 0 radical (unpaired) electrons. The number of hydrogen-bond acceptors (Lipinski definition) is 3. The van der Waals surface area contributed by atoms with Crippen molar-refractivity contribution in [1.82, 2.24) is 10.2 Å². The molecule has 0 amide bonds. The molecule has 1 aliphatic heterocycles. The highest BCUT2D eigenvalue weighted by Crippen LogP contribution is 2.33. The van der Waals surface area contributed by atoms with E-state index >= 15 is 0 Å². The summed E-state index contributed by atoms with van der Waals surface area (Å²) in [6, 6.07) is 0. The summed E-state index contributed by atoms with van der Waals surface area (Å²) < 4.78 is 0.427. The van der Waals surface area contributed by atoms with Gasteiger partial charge < -0.3 is 10.2 Å². The molecule has 0 spiro atoms. The van der Waals surface area contributed by atoms with Gasteiger partial charge in [0.25, 0.3) is 0 Å². The van der Waals surface area contributed by atoms with E-state index in [-0.39, 0.29) is 0 Å². The number of nitrogens with one attached hydrogen (secondary N) is 1. The van der Waals surface area contributed by atoms with Crippen LogP contribution in [0.15, 0.2) is 0 Å². The molecular weight excluding hydrogens is 264 g/mol. The van der Waals surface area contributed by atoms with Crippen molar-refractivity contribution in [2.45, 2.75) is 59.1 Å². The van der Waals surface area contributed by atoms with E-state index < -0.39 is 0 Å². The molecule has 0 unspecified atom stereocenters. The predicted octanol–water partition coefficient (Wildman–Crippen LogP) is 3.87. The predicted molar refractivity (Wildman–Crippen MR) is 93.7 cm³/mol. The summed E-state index contributed by atoms with van der Waals surface area (Å²) in [6.07, 6.45) is 2.55. The van der Waals surface area contributed by atoms with Crippen molar-refractivity contribution in [2.75, 3.05) is 38.5 Å². The summed E-state index contributed by atoms with van der Waals surface area (Å²) >= 11 is 2.13. The monoisotopic (exact) mass is 300 g/mol. The lowest BCUT2D eigenvalue weighted by atomic mass is 9.81. The Kier molecular flexibility index (Phi) is 7.37. The zero-order valence-electron chi connectivity index (χ0n) is 14.6. The second kappa shape index (κ2) is 8.05. The van der Waals surface area contributed by atoms with Gasteiger partial charge in [-0.05, 0) is 44.6 Å². The van der Waals surface area contributed by atoms with Gasteiger partial charge in [0.2, 0.25) is 0 Å². The van der Waals surface area contributed by atoms with Gasteiger partial charge in [-0.25, -0.2) is 0 Å². The molecule has 1 fully saturated rings. The third-order valence-electron chi connectivity index (χ3n) is 4.62. The number of rotatable bonds is 8. The van der Waals surface area contributed by atoms with Crippen molar-refractivity contribution >= 4 is 11.8 Å². The highest BCUT2D eigenvalue weighted by molar-refractivity contribution is 8.00. The molecule has 0 aromatic rings. The largest absolute Gasteiger partial charge is 0.316 e. The van der Waals surface area contributed by atoms with Gasteiger partial charge >= 0.3 is 0 Å². The molecule has 1 aliphatic rings. The Bertz CT molecular complexity index is 272. The van der Waals surface area contributed by atoms with Crippen LogP contribution in [0.2, 0.25) is 0 Å². The summed E-state index contributed by atoms with van der Waals surface area (Å²) in [5, 5.41) is 3.71. The molecule has 1 saturated heterocycles. The molecular formula is C17H36N2S. The highest BCUT2D eigenvalue weighted by Gasteiger charge is 2.33. The van der Waals surface area contributed by atoms with E-state index in [4.69, 9.17) is 0 Å². The topological polar surface area (TPSA) is 15.3 Å². The molecule has 0 aliphatic carbocycles. The van der Waals surface area contributed by atoms with Crippen molar-refractivity contribution in [3.63, 3.8) is 0 Å². The third-order valence-corrected chi connectivity index (χ3v) is 5.91. The van der Waals surface area contributed by atoms with Crippen LogP contribution in [0.3, 0.4) is 0 Å². The van der Waals surface area contributed by atoms with Gasteiger partial charge in [0.05, 0.1) is 0 Å². The van der Waals surface area contributed by atoms with Gasteiger partial charge in [0.15, 0.2) is 0 Å². The van der Waals surface area contributed by atoms with E-state index in [1.54, 1.807) is 0 Å². The van der Waals surface area contributed by atoms with Crippen molar-refractivity contribution in [3.05, 3.63) is 0 Å². The van der Waals surface area contributed by atoms with Crippen molar-refractivity contribution < 1.29 is 0 Å². The molecule has 20 heavy (non-hydrogen) atoms. The quantitative estimate of drug-likeness (QED) is 0.732. The SMILES string of the molecule is CCC(CC)(CNCC(C)C)CN1CCSC(C)(C)C1. The third kappa shape index (κ3) is 5.95. The van der Waals surface area contributed by atoms with Crippen LogP contribution in [-0.2, 0) is 0 Å². The van der Waals surface area contributed by atoms with E-state index in [0.717, 1.165) is 12.5 Å². The van der Waals surface area contributed by atoms with Gasteiger partial charge in [0.1, 0.15) is 0 Å². The molecule has 120 valence electrons. The number of hydrogen-bond donors (Lipinski definition) is 1. The molecule has 0 saturated carbocycles. The Hall–Kier alpha value is 0.270. The maximum atomic E-state index is 3.71. The average molecular weight is 301 g/mol. The minimum atomic E-state index is 0.427. The second-order valence-corrected chi connectivity index (χ2v) is 9.35. The van der Waals surface area contributed by atoms with E-state index in [9.17, 15) is 0 Å². The average Bonchev–Trinajstić information content (AvgIpc) is 2.36. The molecule has 0 atom stereocenters. The van der Waals surface area contributed by atoms with Crippen LogP contribution < -0.4 is 5.32 Å². The molecule has 0 aromatic carbocycles. The fourth-order valence-electron chi connectivity index (χ4n) is 3.13. The summed E-state index contributed by atoms with van der Waals surface area (Å²) in [5.41, 5.74) is 0.451. The van der Waals surface area contributed by atoms with Gasteiger partial charge in [0, 0.05) is 36.7 Å². The molecule has 1 heterocycles. The summed E-state index contributed by atoms with van der Waals surface area (Å²) in [5.74, 6) is 2.03. The Morgan fingerprint density at radius 1 is 1.25 bits per heavy atom. The zero-order chi connectivity index (χ0) is 15.2. The first-order valence-electron chi connectivity index (χ1n) is 8.39. The number of thioether (sulfide) groups is 1. The van der Waals surface area contributed by atoms with Crippen LogP contribution >= 0.6 is 11.8 Å². The lowest BCUT2D eigenvalue weighted by Gasteiger charge is -2.43. The van der Waals surface area contributed by atoms with Crippen LogP contribution in [0.1, 0.15) is 54.4 Å². The Labute approximate surface area is 131 Å². The lowest BCUT2D eigenvalue weighted by molar-refractivity contribution is 0.129. The number of nitrogens with zero attached hydrogens (tertiary/aromatic N) is 1. The fourth-order valence-corrected chi connectivity index (χ4v) is 4.30. The van der Waals surface area contributed by atoms with Gasteiger partial charge in [-0.15, -0.1) is 0 Å². The first-order valence-corrected chi connectivity index (χ1v) is 9.38. The Morgan fingerprint density at radius 3 is 2.40 bits per heavy atom. The maximum absolute atomic E-state index is 3.71.